The maximum atomic E-state index is 6.28. The SMILES string of the molecule is CN(c1c(Cl)cccc1CCl)C1CCCC1. The normalized spacial score (nSPS) is 16.7. The predicted octanol–water partition coefficient (Wildman–Crippen LogP) is 4.46. The van der Waals surface area contributed by atoms with Gasteiger partial charge in [-0.3, -0.25) is 0 Å². The smallest absolute Gasteiger partial charge is 0.0642 e. The second-order valence-electron chi connectivity index (χ2n) is 4.43. The van der Waals surface area contributed by atoms with Crippen LogP contribution < -0.4 is 4.90 Å². The first-order valence-corrected chi connectivity index (χ1v) is 6.71. The Morgan fingerprint density at radius 1 is 1.31 bits per heavy atom. The number of para-hydroxylation sites is 1. The lowest BCUT2D eigenvalue weighted by molar-refractivity contribution is 0.652. The summed E-state index contributed by atoms with van der Waals surface area (Å²) in [6.45, 7) is 0. The van der Waals surface area contributed by atoms with E-state index in [1.54, 1.807) is 0 Å². The predicted molar refractivity (Wildman–Crippen MR) is 71.7 cm³/mol. The first-order chi connectivity index (χ1) is 7.74. The summed E-state index contributed by atoms with van der Waals surface area (Å²) in [6.07, 6.45) is 5.19. The molecule has 0 unspecified atom stereocenters. The van der Waals surface area contributed by atoms with E-state index in [0.717, 1.165) is 16.3 Å². The molecule has 0 spiro atoms. The first-order valence-electron chi connectivity index (χ1n) is 5.80. The summed E-state index contributed by atoms with van der Waals surface area (Å²) in [5.41, 5.74) is 2.25. The Morgan fingerprint density at radius 2 is 2.00 bits per heavy atom. The van der Waals surface area contributed by atoms with Crippen molar-refractivity contribution < 1.29 is 0 Å². The molecule has 0 atom stereocenters. The second-order valence-corrected chi connectivity index (χ2v) is 5.10. The number of nitrogens with zero attached hydrogens (tertiary/aromatic N) is 1. The van der Waals surface area contributed by atoms with Crippen LogP contribution in [-0.4, -0.2) is 13.1 Å². The molecular weight excluding hydrogens is 241 g/mol. The van der Waals surface area contributed by atoms with Gasteiger partial charge in [-0.15, -0.1) is 11.6 Å². The Hall–Kier alpha value is -0.400. The quantitative estimate of drug-likeness (QED) is 0.723. The number of benzene rings is 1. The summed E-state index contributed by atoms with van der Waals surface area (Å²) in [5.74, 6) is 0.521. The topological polar surface area (TPSA) is 3.24 Å². The summed E-state index contributed by atoms with van der Waals surface area (Å²) < 4.78 is 0. The van der Waals surface area contributed by atoms with Crippen LogP contribution in [0.3, 0.4) is 0 Å². The maximum Gasteiger partial charge on any atom is 0.0642 e. The zero-order chi connectivity index (χ0) is 11.5. The molecule has 0 amide bonds. The third-order valence-corrected chi connectivity index (χ3v) is 4.03. The molecule has 16 heavy (non-hydrogen) atoms. The summed E-state index contributed by atoms with van der Waals surface area (Å²) in [4.78, 5) is 2.31. The number of anilines is 1. The van der Waals surface area contributed by atoms with E-state index in [2.05, 4.69) is 18.0 Å². The van der Waals surface area contributed by atoms with Gasteiger partial charge < -0.3 is 4.90 Å². The molecule has 0 N–H and O–H groups in total. The fourth-order valence-electron chi connectivity index (χ4n) is 2.54. The van der Waals surface area contributed by atoms with Gasteiger partial charge in [0.15, 0.2) is 0 Å². The molecule has 1 aliphatic carbocycles. The highest BCUT2D eigenvalue weighted by Gasteiger charge is 2.22. The lowest BCUT2D eigenvalue weighted by atomic mass is 10.1. The highest BCUT2D eigenvalue weighted by molar-refractivity contribution is 6.33. The van der Waals surface area contributed by atoms with E-state index in [-0.39, 0.29) is 0 Å². The lowest BCUT2D eigenvalue weighted by Gasteiger charge is -2.29. The van der Waals surface area contributed by atoms with E-state index in [1.165, 1.54) is 25.7 Å². The molecule has 1 saturated carbocycles. The summed E-state index contributed by atoms with van der Waals surface area (Å²) >= 11 is 12.3. The van der Waals surface area contributed by atoms with E-state index in [0.29, 0.717) is 11.9 Å². The van der Waals surface area contributed by atoms with Gasteiger partial charge in [-0.25, -0.2) is 0 Å². The van der Waals surface area contributed by atoms with Crippen molar-refractivity contribution in [2.75, 3.05) is 11.9 Å². The molecule has 0 aliphatic heterocycles. The van der Waals surface area contributed by atoms with E-state index in [1.807, 2.05) is 12.1 Å². The standard InChI is InChI=1S/C13H17Cl2N/c1-16(11-6-2-3-7-11)13-10(9-14)5-4-8-12(13)15/h4-5,8,11H,2-3,6-7,9H2,1H3. The van der Waals surface area contributed by atoms with Crippen molar-refractivity contribution >= 4 is 28.9 Å². The molecular formula is C13H17Cl2N. The Labute approximate surface area is 107 Å². The van der Waals surface area contributed by atoms with Gasteiger partial charge in [-0.05, 0) is 24.5 Å². The fraction of sp³-hybridized carbons (Fsp3) is 0.538. The monoisotopic (exact) mass is 257 g/mol. The molecule has 1 aliphatic rings. The average molecular weight is 258 g/mol. The van der Waals surface area contributed by atoms with Crippen LogP contribution in [0.4, 0.5) is 5.69 Å². The zero-order valence-corrected chi connectivity index (χ0v) is 11.1. The molecule has 1 aromatic carbocycles. The molecule has 1 aromatic rings. The molecule has 0 radical (unpaired) electrons. The number of hydrogen-bond acceptors (Lipinski definition) is 1. The van der Waals surface area contributed by atoms with Crippen LogP contribution in [0.5, 0.6) is 0 Å². The van der Waals surface area contributed by atoms with Crippen molar-refractivity contribution in [3.63, 3.8) is 0 Å². The van der Waals surface area contributed by atoms with Gasteiger partial charge in [-0.1, -0.05) is 36.6 Å². The van der Waals surface area contributed by atoms with E-state index in [9.17, 15) is 0 Å². The molecule has 2 rings (SSSR count). The van der Waals surface area contributed by atoms with Crippen LogP contribution >= 0.6 is 23.2 Å². The Kier molecular flexibility index (Phi) is 3.99. The van der Waals surface area contributed by atoms with Crippen LogP contribution in [0, 0.1) is 0 Å². The number of halogens is 2. The molecule has 0 bridgehead atoms. The van der Waals surface area contributed by atoms with Gasteiger partial charge in [0.2, 0.25) is 0 Å². The minimum atomic E-state index is 0.521. The molecule has 88 valence electrons. The van der Waals surface area contributed by atoms with Crippen molar-refractivity contribution in [1.29, 1.82) is 0 Å². The fourth-order valence-corrected chi connectivity index (χ4v) is 3.08. The van der Waals surface area contributed by atoms with E-state index < -0.39 is 0 Å². The maximum absolute atomic E-state index is 6.28. The highest BCUT2D eigenvalue weighted by atomic mass is 35.5. The van der Waals surface area contributed by atoms with Crippen molar-refractivity contribution in [3.05, 3.63) is 28.8 Å². The van der Waals surface area contributed by atoms with E-state index >= 15 is 0 Å². The molecule has 1 fully saturated rings. The van der Waals surface area contributed by atoms with Gasteiger partial charge in [-0.2, -0.15) is 0 Å². The van der Waals surface area contributed by atoms with Gasteiger partial charge in [0.1, 0.15) is 0 Å². The van der Waals surface area contributed by atoms with Gasteiger partial charge in [0.25, 0.3) is 0 Å². The number of rotatable bonds is 3. The lowest BCUT2D eigenvalue weighted by Crippen LogP contribution is -2.29. The van der Waals surface area contributed by atoms with E-state index in [4.69, 9.17) is 23.2 Å². The first kappa shape index (κ1) is 12.1. The Balaban J connectivity index is 2.30. The zero-order valence-electron chi connectivity index (χ0n) is 9.55. The van der Waals surface area contributed by atoms with Crippen LogP contribution in [0.1, 0.15) is 31.2 Å². The molecule has 0 aromatic heterocycles. The summed E-state index contributed by atoms with van der Waals surface area (Å²) in [5, 5.41) is 0.813. The largest absolute Gasteiger partial charge is 0.370 e. The summed E-state index contributed by atoms with van der Waals surface area (Å²) in [6, 6.07) is 6.59. The molecule has 0 heterocycles. The second kappa shape index (κ2) is 5.29. The Bertz CT molecular complexity index is 359. The van der Waals surface area contributed by atoms with Crippen LogP contribution in [0.2, 0.25) is 5.02 Å². The average Bonchev–Trinajstić information content (AvgIpc) is 2.81. The van der Waals surface area contributed by atoms with Gasteiger partial charge in [0, 0.05) is 19.0 Å². The number of alkyl halides is 1. The van der Waals surface area contributed by atoms with Crippen molar-refractivity contribution in [2.45, 2.75) is 37.6 Å². The molecule has 0 saturated heterocycles. The van der Waals surface area contributed by atoms with Crippen molar-refractivity contribution in [3.8, 4) is 0 Å². The Morgan fingerprint density at radius 3 is 2.62 bits per heavy atom. The minimum absolute atomic E-state index is 0.521. The minimum Gasteiger partial charge on any atom is -0.370 e. The third kappa shape index (κ3) is 2.31. The van der Waals surface area contributed by atoms with Crippen LogP contribution in [-0.2, 0) is 5.88 Å². The number of hydrogen-bond donors (Lipinski definition) is 0. The van der Waals surface area contributed by atoms with Crippen LogP contribution in [0.25, 0.3) is 0 Å². The third-order valence-electron chi connectivity index (χ3n) is 3.44. The highest BCUT2D eigenvalue weighted by Crippen LogP contribution is 2.35. The molecule has 3 heteroatoms. The van der Waals surface area contributed by atoms with Crippen LogP contribution in [0.15, 0.2) is 18.2 Å². The van der Waals surface area contributed by atoms with Crippen molar-refractivity contribution in [1.82, 2.24) is 0 Å². The van der Waals surface area contributed by atoms with Gasteiger partial charge in [0.05, 0.1) is 10.7 Å². The van der Waals surface area contributed by atoms with Crippen molar-refractivity contribution in [2.24, 2.45) is 0 Å². The molecule has 1 nitrogen and oxygen atoms in total. The summed E-state index contributed by atoms with van der Waals surface area (Å²) in [7, 11) is 2.13. The van der Waals surface area contributed by atoms with Gasteiger partial charge >= 0.3 is 0 Å².